The number of esters is 1. The number of rotatable bonds is 4. The van der Waals surface area contributed by atoms with Gasteiger partial charge in [0.2, 0.25) is 0 Å². The molecular weight excluding hydrogens is 292 g/mol. The van der Waals surface area contributed by atoms with Gasteiger partial charge in [0.1, 0.15) is 17.8 Å². The lowest BCUT2D eigenvalue weighted by Crippen LogP contribution is -2.16. The van der Waals surface area contributed by atoms with Gasteiger partial charge in [-0.15, -0.1) is 0 Å². The first-order chi connectivity index (χ1) is 11.2. The van der Waals surface area contributed by atoms with Crippen molar-refractivity contribution in [2.75, 3.05) is 0 Å². The van der Waals surface area contributed by atoms with Crippen molar-refractivity contribution >= 4 is 23.0 Å². The number of benzene rings is 2. The van der Waals surface area contributed by atoms with E-state index in [1.807, 2.05) is 24.3 Å². The van der Waals surface area contributed by atoms with Gasteiger partial charge < -0.3 is 9.15 Å². The summed E-state index contributed by atoms with van der Waals surface area (Å²) in [7, 11) is 0. The SMILES string of the molecule is C=Cc1ccc(COC(=O)c2cc3ccccc3oc2=O)cc1. The lowest BCUT2D eigenvalue weighted by atomic mass is 10.1. The van der Waals surface area contributed by atoms with E-state index < -0.39 is 11.6 Å². The molecular formula is C19H14O4. The third-order valence-corrected chi connectivity index (χ3v) is 3.45. The van der Waals surface area contributed by atoms with Crippen molar-refractivity contribution in [2.24, 2.45) is 0 Å². The zero-order valence-electron chi connectivity index (χ0n) is 12.3. The van der Waals surface area contributed by atoms with Crippen molar-refractivity contribution in [3.8, 4) is 0 Å². The van der Waals surface area contributed by atoms with Crippen LogP contribution < -0.4 is 5.63 Å². The Kier molecular flexibility index (Phi) is 4.06. The molecule has 3 aromatic rings. The molecule has 0 N–H and O–H groups in total. The smallest absolute Gasteiger partial charge is 0.351 e. The van der Waals surface area contributed by atoms with Crippen LogP contribution in [0.5, 0.6) is 0 Å². The third kappa shape index (κ3) is 3.21. The Morgan fingerprint density at radius 3 is 2.61 bits per heavy atom. The van der Waals surface area contributed by atoms with Crippen LogP contribution in [0, 0.1) is 0 Å². The van der Waals surface area contributed by atoms with E-state index >= 15 is 0 Å². The summed E-state index contributed by atoms with van der Waals surface area (Å²) in [6.07, 6.45) is 1.73. The Labute approximate surface area is 132 Å². The van der Waals surface area contributed by atoms with Crippen molar-refractivity contribution in [1.82, 2.24) is 0 Å². The summed E-state index contributed by atoms with van der Waals surface area (Å²) in [5.74, 6) is -0.697. The molecule has 0 atom stereocenters. The standard InChI is InChI=1S/C19H14O4/c1-2-13-7-9-14(10-8-13)12-22-18(20)16-11-15-5-3-4-6-17(15)23-19(16)21/h2-11H,1,12H2. The van der Waals surface area contributed by atoms with Gasteiger partial charge in [0.05, 0.1) is 0 Å². The van der Waals surface area contributed by atoms with Crippen molar-refractivity contribution in [3.05, 3.63) is 88.3 Å². The molecule has 0 aliphatic heterocycles. The van der Waals surface area contributed by atoms with Gasteiger partial charge >= 0.3 is 11.6 Å². The molecule has 23 heavy (non-hydrogen) atoms. The van der Waals surface area contributed by atoms with Crippen LogP contribution in [-0.2, 0) is 11.3 Å². The van der Waals surface area contributed by atoms with E-state index in [0.29, 0.717) is 11.0 Å². The fourth-order valence-corrected chi connectivity index (χ4v) is 2.18. The van der Waals surface area contributed by atoms with E-state index in [1.165, 1.54) is 6.07 Å². The highest BCUT2D eigenvalue weighted by molar-refractivity contribution is 5.92. The second-order valence-electron chi connectivity index (χ2n) is 5.01. The summed E-state index contributed by atoms with van der Waals surface area (Å²) in [4.78, 5) is 24.0. The van der Waals surface area contributed by atoms with E-state index in [2.05, 4.69) is 6.58 Å². The minimum atomic E-state index is -0.698. The molecule has 0 aliphatic carbocycles. The van der Waals surface area contributed by atoms with Crippen LogP contribution in [0.25, 0.3) is 17.0 Å². The largest absolute Gasteiger partial charge is 0.457 e. The predicted octanol–water partition coefficient (Wildman–Crippen LogP) is 3.79. The van der Waals surface area contributed by atoms with Crippen molar-refractivity contribution < 1.29 is 13.9 Å². The number of carbonyl (C=O) groups is 1. The molecule has 2 aromatic carbocycles. The molecule has 0 fully saturated rings. The predicted molar refractivity (Wildman–Crippen MR) is 88.1 cm³/mol. The molecule has 1 aromatic heterocycles. The van der Waals surface area contributed by atoms with Crippen LogP contribution in [0.2, 0.25) is 0 Å². The summed E-state index contributed by atoms with van der Waals surface area (Å²) in [6.45, 7) is 3.76. The fourth-order valence-electron chi connectivity index (χ4n) is 2.18. The summed E-state index contributed by atoms with van der Waals surface area (Å²) in [5, 5.41) is 0.675. The topological polar surface area (TPSA) is 56.5 Å². The molecule has 0 radical (unpaired) electrons. The Hall–Kier alpha value is -3.14. The minimum absolute atomic E-state index is 0.0858. The monoisotopic (exact) mass is 306 g/mol. The number of hydrogen-bond acceptors (Lipinski definition) is 4. The van der Waals surface area contributed by atoms with E-state index in [0.717, 1.165) is 11.1 Å². The maximum Gasteiger partial charge on any atom is 0.351 e. The summed E-state index contributed by atoms with van der Waals surface area (Å²) in [6, 6.07) is 15.9. The average Bonchev–Trinajstić information content (AvgIpc) is 2.59. The molecule has 0 bridgehead atoms. The van der Waals surface area contributed by atoms with Crippen molar-refractivity contribution in [3.63, 3.8) is 0 Å². The number of para-hydroxylation sites is 1. The van der Waals surface area contributed by atoms with Crippen molar-refractivity contribution in [2.45, 2.75) is 6.61 Å². The van der Waals surface area contributed by atoms with Gasteiger partial charge in [-0.1, -0.05) is 55.1 Å². The molecule has 0 saturated carbocycles. The number of fused-ring (bicyclic) bond motifs is 1. The lowest BCUT2D eigenvalue weighted by molar-refractivity contribution is 0.0468. The normalized spacial score (nSPS) is 10.4. The minimum Gasteiger partial charge on any atom is -0.457 e. The van der Waals surface area contributed by atoms with Crippen LogP contribution in [-0.4, -0.2) is 5.97 Å². The summed E-state index contributed by atoms with van der Waals surface area (Å²) in [5.41, 5.74) is 1.44. The van der Waals surface area contributed by atoms with E-state index in [-0.39, 0.29) is 12.2 Å². The second kappa shape index (κ2) is 6.32. The highest BCUT2D eigenvalue weighted by Gasteiger charge is 2.15. The van der Waals surface area contributed by atoms with Gasteiger partial charge in [0.25, 0.3) is 0 Å². The van der Waals surface area contributed by atoms with Gasteiger partial charge in [-0.2, -0.15) is 0 Å². The van der Waals surface area contributed by atoms with E-state index in [9.17, 15) is 9.59 Å². The van der Waals surface area contributed by atoms with Gasteiger partial charge in [0, 0.05) is 5.39 Å². The molecule has 0 aliphatic rings. The average molecular weight is 306 g/mol. The Bertz CT molecular complexity index is 920. The number of carbonyl (C=O) groups excluding carboxylic acids is 1. The van der Waals surface area contributed by atoms with E-state index in [4.69, 9.17) is 9.15 Å². The van der Waals surface area contributed by atoms with Crippen LogP contribution in [0.3, 0.4) is 0 Å². The highest BCUT2D eigenvalue weighted by Crippen LogP contribution is 2.14. The third-order valence-electron chi connectivity index (χ3n) is 3.45. The van der Waals surface area contributed by atoms with Crippen LogP contribution in [0.15, 0.2) is 70.4 Å². The zero-order valence-corrected chi connectivity index (χ0v) is 12.3. The first-order valence-corrected chi connectivity index (χ1v) is 7.09. The first-order valence-electron chi connectivity index (χ1n) is 7.09. The molecule has 4 nitrogen and oxygen atoms in total. The van der Waals surface area contributed by atoms with Gasteiger partial charge in [-0.3, -0.25) is 0 Å². The Morgan fingerprint density at radius 1 is 1.13 bits per heavy atom. The van der Waals surface area contributed by atoms with Crippen molar-refractivity contribution in [1.29, 1.82) is 0 Å². The fraction of sp³-hybridized carbons (Fsp3) is 0.0526. The van der Waals surface area contributed by atoms with Crippen LogP contribution in [0.4, 0.5) is 0 Å². The lowest BCUT2D eigenvalue weighted by Gasteiger charge is -2.05. The maximum atomic E-state index is 12.1. The molecule has 1 heterocycles. The molecule has 0 spiro atoms. The molecule has 0 saturated heterocycles. The summed E-state index contributed by atoms with van der Waals surface area (Å²) < 4.78 is 10.3. The number of hydrogen-bond donors (Lipinski definition) is 0. The molecule has 4 heteroatoms. The van der Waals surface area contributed by atoms with Gasteiger partial charge in [-0.05, 0) is 23.3 Å². The van der Waals surface area contributed by atoms with Gasteiger partial charge in [-0.25, -0.2) is 9.59 Å². The molecule has 0 unspecified atom stereocenters. The Morgan fingerprint density at radius 2 is 1.87 bits per heavy atom. The Balaban J connectivity index is 1.78. The maximum absolute atomic E-state index is 12.1. The molecule has 0 amide bonds. The summed E-state index contributed by atoms with van der Waals surface area (Å²) >= 11 is 0. The van der Waals surface area contributed by atoms with Crippen LogP contribution in [0.1, 0.15) is 21.5 Å². The molecule has 3 rings (SSSR count). The van der Waals surface area contributed by atoms with Crippen LogP contribution >= 0.6 is 0 Å². The first kappa shape index (κ1) is 14.8. The highest BCUT2D eigenvalue weighted by atomic mass is 16.5. The van der Waals surface area contributed by atoms with Gasteiger partial charge in [0.15, 0.2) is 0 Å². The number of ether oxygens (including phenoxy) is 1. The second-order valence-corrected chi connectivity index (χ2v) is 5.01. The van der Waals surface area contributed by atoms with E-state index in [1.54, 1.807) is 30.3 Å². The quantitative estimate of drug-likeness (QED) is 0.543. The zero-order chi connectivity index (χ0) is 16.2. The molecule has 114 valence electrons.